The lowest BCUT2D eigenvalue weighted by molar-refractivity contribution is 0.589. The van der Waals surface area contributed by atoms with Gasteiger partial charge in [-0.3, -0.25) is 4.68 Å². The van der Waals surface area contributed by atoms with Gasteiger partial charge in [-0.15, -0.1) is 0 Å². The maximum absolute atomic E-state index is 14.2. The second kappa shape index (κ2) is 5.31. The smallest absolute Gasteiger partial charge is 0.186 e. The third-order valence-electron chi connectivity index (χ3n) is 3.85. The van der Waals surface area contributed by atoms with E-state index in [0.29, 0.717) is 18.7 Å². The maximum Gasteiger partial charge on any atom is 0.186 e. The van der Waals surface area contributed by atoms with Crippen molar-refractivity contribution in [2.24, 2.45) is 7.05 Å². The molecule has 21 heavy (non-hydrogen) atoms. The highest BCUT2D eigenvalue weighted by Crippen LogP contribution is 2.26. The molecule has 0 saturated heterocycles. The van der Waals surface area contributed by atoms with E-state index in [2.05, 4.69) is 25.7 Å². The van der Waals surface area contributed by atoms with Gasteiger partial charge in [0.1, 0.15) is 12.1 Å². The van der Waals surface area contributed by atoms with Crippen molar-refractivity contribution < 1.29 is 4.39 Å². The lowest BCUT2D eigenvalue weighted by atomic mass is 10.0. The van der Waals surface area contributed by atoms with Crippen LogP contribution in [0, 0.1) is 12.7 Å². The molecule has 0 saturated carbocycles. The number of nitrogens with zero attached hydrogens (tertiary/aromatic N) is 4. The van der Waals surface area contributed by atoms with E-state index >= 15 is 0 Å². The summed E-state index contributed by atoms with van der Waals surface area (Å²) in [6.07, 6.45) is 2.76. The van der Waals surface area contributed by atoms with Gasteiger partial charge in [0.25, 0.3) is 0 Å². The van der Waals surface area contributed by atoms with E-state index in [1.54, 1.807) is 0 Å². The zero-order valence-corrected chi connectivity index (χ0v) is 12.4. The molecule has 112 valence electrons. The molecule has 0 aromatic carbocycles. The molecule has 0 fully saturated rings. The number of hydrogen-bond acceptors (Lipinski definition) is 5. The van der Waals surface area contributed by atoms with E-state index in [4.69, 9.17) is 0 Å². The molecule has 0 radical (unpaired) electrons. The predicted octanol–water partition coefficient (Wildman–Crippen LogP) is 1.67. The SMILES string of the molecule is CCc1ncnc(N[C@@H]2CNc3c(c(C)nn3C)C2)c1F. The molecule has 1 aliphatic heterocycles. The predicted molar refractivity (Wildman–Crippen MR) is 78.9 cm³/mol. The third kappa shape index (κ3) is 2.43. The van der Waals surface area contributed by atoms with Gasteiger partial charge in [0.2, 0.25) is 0 Å². The Balaban J connectivity index is 1.80. The van der Waals surface area contributed by atoms with Crippen LogP contribution in [0.3, 0.4) is 0 Å². The highest BCUT2D eigenvalue weighted by molar-refractivity contribution is 5.52. The first kappa shape index (κ1) is 13.8. The largest absolute Gasteiger partial charge is 0.368 e. The number of anilines is 2. The summed E-state index contributed by atoms with van der Waals surface area (Å²) in [5.74, 6) is 0.968. The van der Waals surface area contributed by atoms with E-state index in [1.165, 1.54) is 11.9 Å². The number of rotatable bonds is 3. The molecule has 2 N–H and O–H groups in total. The summed E-state index contributed by atoms with van der Waals surface area (Å²) in [5.41, 5.74) is 2.62. The molecule has 6 nitrogen and oxygen atoms in total. The van der Waals surface area contributed by atoms with Crippen molar-refractivity contribution in [3.63, 3.8) is 0 Å². The van der Waals surface area contributed by atoms with Crippen molar-refractivity contribution in [3.05, 3.63) is 29.1 Å². The topological polar surface area (TPSA) is 67.7 Å². The molecule has 0 aliphatic carbocycles. The fourth-order valence-electron chi connectivity index (χ4n) is 2.75. The second-order valence-corrected chi connectivity index (χ2v) is 5.30. The van der Waals surface area contributed by atoms with Crippen LogP contribution in [0.5, 0.6) is 0 Å². The fraction of sp³-hybridized carbons (Fsp3) is 0.500. The second-order valence-electron chi connectivity index (χ2n) is 5.30. The fourth-order valence-corrected chi connectivity index (χ4v) is 2.75. The van der Waals surface area contributed by atoms with Crippen LogP contribution in [0.4, 0.5) is 16.0 Å². The van der Waals surface area contributed by atoms with Crippen molar-refractivity contribution in [2.45, 2.75) is 32.7 Å². The van der Waals surface area contributed by atoms with E-state index in [-0.39, 0.29) is 17.7 Å². The molecule has 2 aromatic rings. The minimum Gasteiger partial charge on any atom is -0.368 e. The molecule has 7 heteroatoms. The summed E-state index contributed by atoms with van der Waals surface area (Å²) < 4.78 is 16.0. The van der Waals surface area contributed by atoms with Gasteiger partial charge in [-0.05, 0) is 19.8 Å². The van der Waals surface area contributed by atoms with Gasteiger partial charge in [0.05, 0.1) is 11.4 Å². The average molecular weight is 290 g/mol. The van der Waals surface area contributed by atoms with Crippen molar-refractivity contribution >= 4 is 11.6 Å². The molecule has 1 aliphatic rings. The standard InChI is InChI=1S/C14H19FN6/c1-4-11-12(15)13(18-7-17-11)19-9-5-10-8(2)20-21(3)14(10)16-6-9/h7,9,16H,4-6H2,1-3H3,(H,17,18,19)/t9-/m0/s1. The summed E-state index contributed by atoms with van der Waals surface area (Å²) in [6, 6.07) is 0.0782. The number of nitrogens with one attached hydrogen (secondary N) is 2. The summed E-state index contributed by atoms with van der Waals surface area (Å²) in [7, 11) is 1.92. The Morgan fingerprint density at radius 3 is 3.05 bits per heavy atom. The Morgan fingerprint density at radius 1 is 1.48 bits per heavy atom. The molecular formula is C14H19FN6. The van der Waals surface area contributed by atoms with Crippen LogP contribution >= 0.6 is 0 Å². The van der Waals surface area contributed by atoms with Crippen LogP contribution in [-0.4, -0.2) is 32.3 Å². The molecule has 2 aromatic heterocycles. The minimum atomic E-state index is -0.353. The average Bonchev–Trinajstić information content (AvgIpc) is 2.76. The van der Waals surface area contributed by atoms with E-state index in [1.807, 2.05) is 25.6 Å². The van der Waals surface area contributed by atoms with Gasteiger partial charge >= 0.3 is 0 Å². The first-order chi connectivity index (χ1) is 10.1. The Hall–Kier alpha value is -2.18. The van der Waals surface area contributed by atoms with Crippen molar-refractivity contribution in [1.29, 1.82) is 0 Å². The molecule has 0 unspecified atom stereocenters. The summed E-state index contributed by atoms with van der Waals surface area (Å²) >= 11 is 0. The third-order valence-corrected chi connectivity index (χ3v) is 3.85. The summed E-state index contributed by atoms with van der Waals surface area (Å²) in [5, 5.41) is 10.9. The number of hydrogen-bond donors (Lipinski definition) is 2. The van der Waals surface area contributed by atoms with Crippen LogP contribution < -0.4 is 10.6 Å². The lowest BCUT2D eigenvalue weighted by Gasteiger charge is -2.26. The zero-order chi connectivity index (χ0) is 15.0. The summed E-state index contributed by atoms with van der Waals surface area (Å²) in [4.78, 5) is 7.97. The Kier molecular flexibility index (Phi) is 3.48. The van der Waals surface area contributed by atoms with E-state index < -0.39 is 0 Å². The minimum absolute atomic E-state index is 0.0782. The Labute approximate surface area is 122 Å². The van der Waals surface area contributed by atoms with Gasteiger partial charge in [-0.25, -0.2) is 14.4 Å². The van der Waals surface area contributed by atoms with Crippen LogP contribution in [-0.2, 0) is 19.9 Å². The molecular weight excluding hydrogens is 271 g/mol. The van der Waals surface area contributed by atoms with Gasteiger partial charge in [0.15, 0.2) is 11.6 Å². The zero-order valence-electron chi connectivity index (χ0n) is 12.4. The number of aryl methyl sites for hydroxylation is 3. The molecule has 3 heterocycles. The highest BCUT2D eigenvalue weighted by Gasteiger charge is 2.24. The van der Waals surface area contributed by atoms with Gasteiger partial charge in [-0.1, -0.05) is 6.92 Å². The van der Waals surface area contributed by atoms with Gasteiger partial charge in [0, 0.05) is 25.2 Å². The van der Waals surface area contributed by atoms with Crippen molar-refractivity contribution in [3.8, 4) is 0 Å². The first-order valence-electron chi connectivity index (χ1n) is 7.12. The molecule has 0 amide bonds. The molecule has 1 atom stereocenters. The first-order valence-corrected chi connectivity index (χ1v) is 7.12. The number of halogens is 1. The Morgan fingerprint density at radius 2 is 2.29 bits per heavy atom. The van der Waals surface area contributed by atoms with Crippen molar-refractivity contribution in [1.82, 2.24) is 19.7 Å². The van der Waals surface area contributed by atoms with Gasteiger partial charge < -0.3 is 10.6 Å². The van der Waals surface area contributed by atoms with Gasteiger partial charge in [-0.2, -0.15) is 5.10 Å². The van der Waals surface area contributed by atoms with Crippen molar-refractivity contribution in [2.75, 3.05) is 17.2 Å². The normalized spacial score (nSPS) is 17.2. The van der Waals surface area contributed by atoms with Crippen LogP contribution in [0.25, 0.3) is 0 Å². The highest BCUT2D eigenvalue weighted by atomic mass is 19.1. The molecule has 0 bridgehead atoms. The quantitative estimate of drug-likeness (QED) is 0.900. The van der Waals surface area contributed by atoms with E-state index in [9.17, 15) is 4.39 Å². The van der Waals surface area contributed by atoms with Crippen LogP contribution in [0.15, 0.2) is 6.33 Å². The van der Waals surface area contributed by atoms with E-state index in [0.717, 1.165) is 17.9 Å². The molecule has 0 spiro atoms. The maximum atomic E-state index is 14.2. The molecule has 3 rings (SSSR count). The number of aromatic nitrogens is 4. The van der Waals surface area contributed by atoms with Crippen LogP contribution in [0.2, 0.25) is 0 Å². The van der Waals surface area contributed by atoms with Crippen LogP contribution in [0.1, 0.15) is 23.9 Å². The Bertz CT molecular complexity index is 666. The summed E-state index contributed by atoms with van der Waals surface area (Å²) in [6.45, 7) is 4.57. The number of fused-ring (bicyclic) bond motifs is 1. The lowest BCUT2D eigenvalue weighted by Crippen LogP contribution is -2.35. The monoisotopic (exact) mass is 290 g/mol.